The van der Waals surface area contributed by atoms with Gasteiger partial charge in [0.1, 0.15) is 0 Å². The molecular formula is C14H17F2NO4. The number of carboxylic acid groups (broad SMARTS) is 1. The van der Waals surface area contributed by atoms with Crippen LogP contribution in [-0.2, 0) is 4.74 Å². The fourth-order valence-corrected chi connectivity index (χ4v) is 1.74. The van der Waals surface area contributed by atoms with E-state index in [-0.39, 0.29) is 18.6 Å². The van der Waals surface area contributed by atoms with Crippen LogP contribution in [-0.4, -0.2) is 36.7 Å². The van der Waals surface area contributed by atoms with Gasteiger partial charge in [-0.1, -0.05) is 13.8 Å². The smallest absolute Gasteiger partial charge is 0.336 e. The van der Waals surface area contributed by atoms with E-state index in [0.717, 1.165) is 0 Å². The van der Waals surface area contributed by atoms with Gasteiger partial charge < -0.3 is 15.2 Å². The van der Waals surface area contributed by atoms with Crippen LogP contribution in [0.4, 0.5) is 8.78 Å². The van der Waals surface area contributed by atoms with Crippen LogP contribution in [0.25, 0.3) is 0 Å². The Kier molecular flexibility index (Phi) is 5.78. The molecule has 116 valence electrons. The molecule has 21 heavy (non-hydrogen) atoms. The van der Waals surface area contributed by atoms with E-state index in [1.807, 2.05) is 13.8 Å². The van der Waals surface area contributed by atoms with Crippen molar-refractivity contribution in [3.63, 3.8) is 0 Å². The van der Waals surface area contributed by atoms with Gasteiger partial charge in [-0.05, 0) is 18.1 Å². The molecule has 0 spiro atoms. The highest BCUT2D eigenvalue weighted by Crippen LogP contribution is 2.16. The molecule has 0 aliphatic carbocycles. The van der Waals surface area contributed by atoms with Crippen LogP contribution in [0.2, 0.25) is 0 Å². The normalized spacial score (nSPS) is 12.3. The van der Waals surface area contributed by atoms with Gasteiger partial charge >= 0.3 is 5.97 Å². The van der Waals surface area contributed by atoms with Crippen molar-refractivity contribution < 1.29 is 28.2 Å². The number of ether oxygens (including phenoxy) is 1. The van der Waals surface area contributed by atoms with Gasteiger partial charge in [0, 0.05) is 7.11 Å². The first kappa shape index (κ1) is 17.0. The van der Waals surface area contributed by atoms with Crippen molar-refractivity contribution in [1.29, 1.82) is 0 Å². The van der Waals surface area contributed by atoms with Crippen LogP contribution < -0.4 is 5.32 Å². The lowest BCUT2D eigenvalue weighted by Gasteiger charge is -2.22. The second-order valence-corrected chi connectivity index (χ2v) is 4.90. The van der Waals surface area contributed by atoms with Crippen molar-refractivity contribution in [3.8, 4) is 0 Å². The van der Waals surface area contributed by atoms with Gasteiger partial charge in [-0.3, -0.25) is 4.79 Å². The zero-order chi connectivity index (χ0) is 16.2. The zero-order valence-corrected chi connectivity index (χ0v) is 11.9. The fourth-order valence-electron chi connectivity index (χ4n) is 1.74. The molecule has 0 aromatic heterocycles. The summed E-state index contributed by atoms with van der Waals surface area (Å²) >= 11 is 0. The largest absolute Gasteiger partial charge is 0.478 e. The van der Waals surface area contributed by atoms with Crippen LogP contribution in [0.5, 0.6) is 0 Å². The van der Waals surface area contributed by atoms with E-state index in [2.05, 4.69) is 5.32 Å². The summed E-state index contributed by atoms with van der Waals surface area (Å²) in [5.41, 5.74) is -1.02. The molecule has 5 nitrogen and oxygen atoms in total. The number of methoxy groups -OCH3 is 1. The Morgan fingerprint density at radius 1 is 1.24 bits per heavy atom. The Hall–Kier alpha value is -2.02. The van der Waals surface area contributed by atoms with Crippen molar-refractivity contribution in [1.82, 2.24) is 5.32 Å². The summed E-state index contributed by atoms with van der Waals surface area (Å²) in [6.45, 7) is 3.90. The second-order valence-electron chi connectivity index (χ2n) is 4.90. The zero-order valence-electron chi connectivity index (χ0n) is 11.9. The van der Waals surface area contributed by atoms with E-state index >= 15 is 0 Å². The molecule has 1 amide bonds. The van der Waals surface area contributed by atoms with Crippen LogP contribution >= 0.6 is 0 Å². The van der Waals surface area contributed by atoms with Crippen LogP contribution in [0.1, 0.15) is 34.6 Å². The molecule has 0 fully saturated rings. The second kappa shape index (κ2) is 7.12. The standard InChI is InChI=1S/C14H17F2NO4/c1-7(2)12(6-21-3)17-13(18)8-4-10(15)11(16)5-9(8)14(19)20/h4-5,7,12H,6H2,1-3H3,(H,17,18)(H,19,20). The predicted octanol–water partition coefficient (Wildman–Crippen LogP) is 2.06. The molecule has 1 rings (SSSR count). The lowest BCUT2D eigenvalue weighted by Crippen LogP contribution is -2.42. The molecule has 1 atom stereocenters. The molecule has 0 bridgehead atoms. The quantitative estimate of drug-likeness (QED) is 0.843. The maximum Gasteiger partial charge on any atom is 0.336 e. The van der Waals surface area contributed by atoms with Gasteiger partial charge in [0.25, 0.3) is 5.91 Å². The van der Waals surface area contributed by atoms with Crippen molar-refractivity contribution in [2.24, 2.45) is 5.92 Å². The Morgan fingerprint density at radius 2 is 1.76 bits per heavy atom. The summed E-state index contributed by atoms with van der Waals surface area (Å²) in [5.74, 6) is -4.87. The average molecular weight is 301 g/mol. The van der Waals surface area contributed by atoms with E-state index in [4.69, 9.17) is 9.84 Å². The van der Waals surface area contributed by atoms with Gasteiger partial charge in [-0.2, -0.15) is 0 Å². The Labute approximate surface area is 120 Å². The molecule has 0 saturated carbocycles. The number of nitrogens with one attached hydrogen (secondary N) is 1. The number of hydrogen-bond donors (Lipinski definition) is 2. The van der Waals surface area contributed by atoms with Crippen molar-refractivity contribution in [3.05, 3.63) is 34.9 Å². The highest BCUT2D eigenvalue weighted by Gasteiger charge is 2.23. The topological polar surface area (TPSA) is 75.6 Å². The number of halogens is 2. The minimum absolute atomic E-state index is 0.0208. The Bertz CT molecular complexity index is 546. The van der Waals surface area contributed by atoms with Crippen LogP contribution in [0.3, 0.4) is 0 Å². The molecule has 1 aromatic carbocycles. The Morgan fingerprint density at radius 3 is 2.19 bits per heavy atom. The monoisotopic (exact) mass is 301 g/mol. The maximum absolute atomic E-state index is 13.3. The van der Waals surface area contributed by atoms with Gasteiger partial charge in [0.05, 0.1) is 23.8 Å². The minimum atomic E-state index is -1.51. The minimum Gasteiger partial charge on any atom is -0.478 e. The lowest BCUT2D eigenvalue weighted by atomic mass is 10.0. The number of aromatic carboxylic acids is 1. The first-order valence-electron chi connectivity index (χ1n) is 6.30. The van der Waals surface area contributed by atoms with Crippen molar-refractivity contribution in [2.75, 3.05) is 13.7 Å². The molecule has 0 radical (unpaired) electrons. The highest BCUT2D eigenvalue weighted by atomic mass is 19.2. The third-order valence-corrected chi connectivity index (χ3v) is 3.00. The third kappa shape index (κ3) is 4.22. The number of benzene rings is 1. The molecule has 7 heteroatoms. The van der Waals surface area contributed by atoms with E-state index in [0.29, 0.717) is 12.1 Å². The average Bonchev–Trinajstić information content (AvgIpc) is 2.40. The number of carbonyl (C=O) groups excluding carboxylic acids is 1. The van der Waals surface area contributed by atoms with Crippen LogP contribution in [0.15, 0.2) is 12.1 Å². The summed E-state index contributed by atoms with van der Waals surface area (Å²) in [7, 11) is 1.46. The lowest BCUT2D eigenvalue weighted by molar-refractivity contribution is 0.0687. The summed E-state index contributed by atoms with van der Waals surface area (Å²) in [4.78, 5) is 23.1. The number of rotatable bonds is 6. The highest BCUT2D eigenvalue weighted by molar-refractivity contribution is 6.04. The number of hydrogen-bond acceptors (Lipinski definition) is 3. The first-order valence-corrected chi connectivity index (χ1v) is 6.30. The van der Waals surface area contributed by atoms with Crippen molar-refractivity contribution in [2.45, 2.75) is 19.9 Å². The predicted molar refractivity (Wildman–Crippen MR) is 71.3 cm³/mol. The Balaban J connectivity index is 3.11. The molecule has 1 aromatic rings. The molecular weight excluding hydrogens is 284 g/mol. The number of carboxylic acids is 1. The van der Waals surface area contributed by atoms with Gasteiger partial charge in [0.2, 0.25) is 0 Å². The summed E-state index contributed by atoms with van der Waals surface area (Å²) < 4.78 is 31.3. The number of carbonyl (C=O) groups is 2. The summed E-state index contributed by atoms with van der Waals surface area (Å²) in [6, 6.07) is 0.697. The summed E-state index contributed by atoms with van der Waals surface area (Å²) in [5, 5.41) is 11.5. The first-order chi connectivity index (χ1) is 9.77. The van der Waals surface area contributed by atoms with E-state index in [1.54, 1.807) is 0 Å². The molecule has 0 aliphatic heterocycles. The van der Waals surface area contributed by atoms with E-state index in [9.17, 15) is 18.4 Å². The molecule has 0 heterocycles. The molecule has 0 saturated heterocycles. The number of amides is 1. The van der Waals surface area contributed by atoms with Crippen LogP contribution in [0, 0.1) is 17.6 Å². The summed E-state index contributed by atoms with van der Waals surface area (Å²) in [6.07, 6.45) is 0. The van der Waals surface area contributed by atoms with Gasteiger partial charge in [-0.25, -0.2) is 13.6 Å². The molecule has 2 N–H and O–H groups in total. The van der Waals surface area contributed by atoms with E-state index < -0.39 is 34.6 Å². The molecule has 1 unspecified atom stereocenters. The van der Waals surface area contributed by atoms with Gasteiger partial charge in [0.15, 0.2) is 11.6 Å². The third-order valence-electron chi connectivity index (χ3n) is 3.00. The SMILES string of the molecule is COCC(NC(=O)c1cc(F)c(F)cc1C(=O)O)C(C)C. The maximum atomic E-state index is 13.3. The fraction of sp³-hybridized carbons (Fsp3) is 0.429. The molecule has 0 aliphatic rings. The van der Waals surface area contributed by atoms with E-state index in [1.165, 1.54) is 7.11 Å². The van der Waals surface area contributed by atoms with Gasteiger partial charge in [-0.15, -0.1) is 0 Å². The van der Waals surface area contributed by atoms with Crippen molar-refractivity contribution >= 4 is 11.9 Å².